The molecule has 0 radical (unpaired) electrons. The second kappa shape index (κ2) is 5.66. The minimum absolute atomic E-state index is 0.0126. The molecule has 7 heteroatoms. The first-order valence-electron chi connectivity index (χ1n) is 8.08. The van der Waals surface area contributed by atoms with E-state index >= 15 is 0 Å². The lowest BCUT2D eigenvalue weighted by Gasteiger charge is -2.16. The first-order valence-corrected chi connectivity index (χ1v) is 8.08. The Morgan fingerprint density at radius 3 is 2.69 bits per heavy atom. The molecule has 132 valence electrons. The first-order chi connectivity index (χ1) is 12.4. The van der Waals surface area contributed by atoms with Crippen molar-refractivity contribution in [2.75, 3.05) is 5.73 Å². The molecule has 2 N–H and O–H groups in total. The van der Waals surface area contributed by atoms with Crippen LogP contribution in [0.1, 0.15) is 12.5 Å². The van der Waals surface area contributed by atoms with Crippen LogP contribution in [-0.2, 0) is 6.54 Å². The van der Waals surface area contributed by atoms with Gasteiger partial charge in [-0.2, -0.15) is 0 Å². The third-order valence-corrected chi connectivity index (χ3v) is 4.63. The molecule has 0 spiro atoms. The van der Waals surface area contributed by atoms with Gasteiger partial charge in [0.25, 0.3) is 5.56 Å². The molecule has 0 atom stereocenters. The first kappa shape index (κ1) is 16.3. The molecule has 0 saturated carbocycles. The summed E-state index contributed by atoms with van der Waals surface area (Å²) in [6.45, 7) is 3.89. The maximum Gasteiger partial charge on any atom is 0.280 e. The van der Waals surface area contributed by atoms with Crippen LogP contribution in [0.15, 0.2) is 39.9 Å². The van der Waals surface area contributed by atoms with E-state index in [0.29, 0.717) is 28.6 Å². The Labute approximate surface area is 146 Å². The summed E-state index contributed by atoms with van der Waals surface area (Å²) >= 11 is 0. The van der Waals surface area contributed by atoms with Crippen molar-refractivity contribution in [3.05, 3.63) is 58.2 Å². The molecule has 4 aromatic rings. The summed E-state index contributed by atoms with van der Waals surface area (Å²) in [5.74, 6) is -1.17. The van der Waals surface area contributed by atoms with Gasteiger partial charge in [0.15, 0.2) is 17.5 Å². The van der Waals surface area contributed by atoms with E-state index in [2.05, 4.69) is 4.98 Å². The van der Waals surface area contributed by atoms with Crippen molar-refractivity contribution in [1.29, 1.82) is 0 Å². The topological polar surface area (TPSA) is 74.0 Å². The van der Waals surface area contributed by atoms with E-state index in [4.69, 9.17) is 10.2 Å². The number of hydrogen-bond acceptors (Lipinski definition) is 4. The normalized spacial score (nSPS) is 11.5. The van der Waals surface area contributed by atoms with Crippen LogP contribution in [-0.4, -0.2) is 9.55 Å². The summed E-state index contributed by atoms with van der Waals surface area (Å²) in [6, 6.07) is 5.43. The molecule has 4 rings (SSSR count). The van der Waals surface area contributed by atoms with Gasteiger partial charge in [-0.25, -0.2) is 13.8 Å². The molecule has 26 heavy (non-hydrogen) atoms. The van der Waals surface area contributed by atoms with E-state index in [1.54, 1.807) is 13.0 Å². The zero-order chi connectivity index (χ0) is 18.6. The highest BCUT2D eigenvalue weighted by Crippen LogP contribution is 2.35. The number of benzene rings is 2. The SMILES string of the molecule is CCn1c(=O)c2ncoc2c2cc(F)c(-c3ccc(N)c(F)c3)c(C)c21. The Hall–Kier alpha value is -3.22. The van der Waals surface area contributed by atoms with Crippen molar-refractivity contribution in [1.82, 2.24) is 9.55 Å². The number of halogens is 2. The zero-order valence-corrected chi connectivity index (χ0v) is 14.1. The van der Waals surface area contributed by atoms with Crippen molar-refractivity contribution in [3.8, 4) is 11.1 Å². The van der Waals surface area contributed by atoms with Crippen LogP contribution in [0.3, 0.4) is 0 Å². The van der Waals surface area contributed by atoms with Crippen molar-refractivity contribution in [2.24, 2.45) is 0 Å². The molecule has 0 saturated heterocycles. The third-order valence-electron chi connectivity index (χ3n) is 4.63. The average Bonchev–Trinajstić information content (AvgIpc) is 3.09. The van der Waals surface area contributed by atoms with E-state index in [0.717, 1.165) is 0 Å². The van der Waals surface area contributed by atoms with E-state index in [-0.39, 0.29) is 27.9 Å². The van der Waals surface area contributed by atoms with Crippen LogP contribution in [0.4, 0.5) is 14.5 Å². The highest BCUT2D eigenvalue weighted by Gasteiger charge is 2.21. The number of anilines is 1. The van der Waals surface area contributed by atoms with Gasteiger partial charge in [0.1, 0.15) is 11.6 Å². The lowest BCUT2D eigenvalue weighted by molar-refractivity contribution is 0.603. The van der Waals surface area contributed by atoms with Crippen LogP contribution in [0.5, 0.6) is 0 Å². The number of nitrogen functional groups attached to an aromatic ring is 1. The Kier molecular flexibility index (Phi) is 3.54. The number of nitrogens with two attached hydrogens (primary N) is 1. The van der Waals surface area contributed by atoms with Gasteiger partial charge >= 0.3 is 0 Å². The van der Waals surface area contributed by atoms with Crippen molar-refractivity contribution in [2.45, 2.75) is 20.4 Å². The predicted octanol–water partition coefficient (Wildman–Crippen LogP) is 4.00. The minimum atomic E-state index is -0.625. The Balaban J connectivity index is 2.19. The fraction of sp³-hybridized carbons (Fsp3) is 0.158. The summed E-state index contributed by atoms with van der Waals surface area (Å²) in [7, 11) is 0. The van der Waals surface area contributed by atoms with Crippen molar-refractivity contribution < 1.29 is 13.2 Å². The van der Waals surface area contributed by atoms with Gasteiger partial charge in [-0.1, -0.05) is 6.07 Å². The summed E-state index contributed by atoms with van der Waals surface area (Å²) in [5.41, 5.74) is 7.21. The van der Waals surface area contributed by atoms with Crippen molar-refractivity contribution >= 4 is 27.7 Å². The standard InChI is InChI=1S/C19H15F2N3O2/c1-3-24-17-9(2)15(10-4-5-14(22)12(20)6-10)13(21)7-11(17)18-16(19(24)25)23-8-26-18/h4-8H,3,22H2,1-2H3. The molecule has 0 unspecified atom stereocenters. The summed E-state index contributed by atoms with van der Waals surface area (Å²) in [6.07, 6.45) is 1.17. The molecule has 0 amide bonds. The smallest absolute Gasteiger partial charge is 0.280 e. The summed E-state index contributed by atoms with van der Waals surface area (Å²) in [5, 5.41) is 0.452. The quantitative estimate of drug-likeness (QED) is 0.552. The number of aromatic nitrogens is 2. The molecule has 0 fully saturated rings. The highest BCUT2D eigenvalue weighted by atomic mass is 19.1. The molecule has 2 aromatic heterocycles. The van der Waals surface area contributed by atoms with Crippen LogP contribution in [0.25, 0.3) is 33.1 Å². The van der Waals surface area contributed by atoms with E-state index in [1.807, 2.05) is 6.92 Å². The largest absolute Gasteiger partial charge is 0.443 e. The fourth-order valence-corrected chi connectivity index (χ4v) is 3.45. The molecular weight excluding hydrogens is 340 g/mol. The molecular formula is C19H15F2N3O2. The number of aryl methyl sites for hydroxylation is 2. The molecule has 5 nitrogen and oxygen atoms in total. The second-order valence-electron chi connectivity index (χ2n) is 6.07. The van der Waals surface area contributed by atoms with E-state index in [9.17, 15) is 13.6 Å². The zero-order valence-electron chi connectivity index (χ0n) is 14.1. The maximum atomic E-state index is 15.0. The number of fused-ring (bicyclic) bond motifs is 3. The predicted molar refractivity (Wildman–Crippen MR) is 96.0 cm³/mol. The van der Waals surface area contributed by atoms with Gasteiger partial charge in [0.2, 0.25) is 0 Å². The third kappa shape index (κ3) is 2.13. The Morgan fingerprint density at radius 1 is 1.23 bits per heavy atom. The van der Waals surface area contributed by atoms with Crippen LogP contribution < -0.4 is 11.3 Å². The van der Waals surface area contributed by atoms with Gasteiger partial charge in [-0.3, -0.25) is 4.79 Å². The maximum absolute atomic E-state index is 15.0. The van der Waals surface area contributed by atoms with Gasteiger partial charge in [0, 0.05) is 17.5 Å². The molecule has 2 aromatic carbocycles. The second-order valence-corrected chi connectivity index (χ2v) is 6.07. The minimum Gasteiger partial charge on any atom is -0.443 e. The van der Waals surface area contributed by atoms with E-state index in [1.165, 1.54) is 29.2 Å². The lowest BCUT2D eigenvalue weighted by atomic mass is 9.96. The number of rotatable bonds is 2. The monoisotopic (exact) mass is 355 g/mol. The van der Waals surface area contributed by atoms with Gasteiger partial charge in [-0.05, 0) is 43.2 Å². The van der Waals surface area contributed by atoms with Gasteiger partial charge < -0.3 is 14.7 Å². The van der Waals surface area contributed by atoms with Crippen LogP contribution in [0.2, 0.25) is 0 Å². The average molecular weight is 355 g/mol. The molecule has 2 heterocycles. The number of pyridine rings is 1. The summed E-state index contributed by atoms with van der Waals surface area (Å²) in [4.78, 5) is 16.6. The highest BCUT2D eigenvalue weighted by molar-refractivity contribution is 6.04. The number of oxazole rings is 1. The lowest BCUT2D eigenvalue weighted by Crippen LogP contribution is -2.21. The van der Waals surface area contributed by atoms with Crippen LogP contribution >= 0.6 is 0 Å². The van der Waals surface area contributed by atoms with Crippen LogP contribution in [0, 0.1) is 18.6 Å². The van der Waals surface area contributed by atoms with E-state index < -0.39 is 11.6 Å². The molecule has 0 aliphatic carbocycles. The molecule has 0 aliphatic heterocycles. The number of hydrogen-bond donors (Lipinski definition) is 1. The summed E-state index contributed by atoms with van der Waals surface area (Å²) < 4.78 is 35.7. The fourth-order valence-electron chi connectivity index (χ4n) is 3.45. The molecule has 0 aliphatic rings. The number of nitrogens with zero attached hydrogens (tertiary/aromatic N) is 2. The van der Waals surface area contributed by atoms with Gasteiger partial charge in [0.05, 0.1) is 11.2 Å². The Morgan fingerprint density at radius 2 is 2.00 bits per heavy atom. The Bertz CT molecular complexity index is 1240. The van der Waals surface area contributed by atoms with Gasteiger partial charge in [-0.15, -0.1) is 0 Å². The molecule has 0 bridgehead atoms. The van der Waals surface area contributed by atoms with Crippen molar-refractivity contribution in [3.63, 3.8) is 0 Å².